The summed E-state index contributed by atoms with van der Waals surface area (Å²) in [7, 11) is -5.13. The lowest BCUT2D eigenvalue weighted by molar-refractivity contribution is -0.220. The Labute approximate surface area is 445 Å². The molecule has 0 aromatic rings. The number of carbonyl (C=O) groups is 2. The molecule has 8 atom stereocenters. The van der Waals surface area contributed by atoms with Gasteiger partial charge in [-0.25, -0.2) is 4.57 Å². The van der Waals surface area contributed by atoms with Crippen molar-refractivity contribution in [1.82, 2.24) is 0 Å². The van der Waals surface area contributed by atoms with Crippen LogP contribution in [-0.2, 0) is 32.7 Å². The minimum atomic E-state index is -5.13. The quantitative estimate of drug-likeness (QED) is 0.0145. The number of hydrogen-bond donors (Lipinski definition) is 6. The van der Waals surface area contributed by atoms with Gasteiger partial charge < -0.3 is 39.9 Å². The maximum absolute atomic E-state index is 12.9. The van der Waals surface area contributed by atoms with Crippen molar-refractivity contribution in [2.24, 2.45) is 0 Å². The van der Waals surface area contributed by atoms with E-state index < -0.39 is 75.7 Å². The van der Waals surface area contributed by atoms with Crippen molar-refractivity contribution >= 4 is 19.8 Å². The number of aliphatic hydroxyl groups is 5. The standard InChI is InChI=1S/C59H111O13P/c1-3-5-7-9-11-13-15-17-19-21-23-25-26-28-30-32-34-36-38-40-42-44-46-48-53(61)71-51(50-70-73(67,68)72-59-57(65)55(63)54(62)56(64)58(59)66)49-69-52(60)47-45-43-41-39-37-35-33-31-29-27-24-22-20-18-16-14-12-10-8-6-4-2/h18,20,40,42,51,54-59,62-66H,3-17,19,21-39,41,43-50H2,1-2H3,(H,67,68)/b20-18+,42-40+/t51-,54?,55-,56?,57?,58?,59?/m1/s1. The van der Waals surface area contributed by atoms with Crippen LogP contribution in [0.2, 0.25) is 0 Å². The summed E-state index contributed by atoms with van der Waals surface area (Å²) in [6, 6.07) is 0. The van der Waals surface area contributed by atoms with Gasteiger partial charge in [-0.15, -0.1) is 0 Å². The summed E-state index contributed by atoms with van der Waals surface area (Å²) in [4.78, 5) is 36.0. The van der Waals surface area contributed by atoms with Crippen molar-refractivity contribution in [2.45, 2.75) is 326 Å². The molecule has 0 spiro atoms. The summed E-state index contributed by atoms with van der Waals surface area (Å²) in [5.41, 5.74) is 0. The van der Waals surface area contributed by atoms with Gasteiger partial charge in [0, 0.05) is 12.8 Å². The smallest absolute Gasteiger partial charge is 0.462 e. The van der Waals surface area contributed by atoms with Gasteiger partial charge in [0.25, 0.3) is 0 Å². The summed E-state index contributed by atoms with van der Waals surface area (Å²) in [5.74, 6) is -1.12. The Kier molecular flexibility index (Phi) is 46.2. The zero-order valence-corrected chi connectivity index (χ0v) is 47.3. The maximum Gasteiger partial charge on any atom is 0.472 e. The number of phosphoric ester groups is 1. The summed E-state index contributed by atoms with van der Waals surface area (Å²) in [6.07, 6.45) is 45.2. The lowest BCUT2D eigenvalue weighted by Gasteiger charge is -2.41. The number of carbonyl (C=O) groups excluding carboxylic acids is 2. The van der Waals surface area contributed by atoms with Crippen LogP contribution >= 0.6 is 7.82 Å². The predicted octanol–water partition coefficient (Wildman–Crippen LogP) is 14.3. The van der Waals surface area contributed by atoms with Crippen LogP contribution in [0, 0.1) is 0 Å². The Morgan fingerprint density at radius 2 is 0.712 bits per heavy atom. The van der Waals surface area contributed by atoms with Gasteiger partial charge in [0.15, 0.2) is 6.10 Å². The SMILES string of the molecule is CCCCCCCC/C=C/CCCCCCCCCCCCCC(=O)OC[C@H](COP(=O)(O)OC1C(O)C(O)C(O)[C@@H](O)C1O)OC(=O)CCC/C=C/CCCCCCCCCCCCCCCCCCCC. The fraction of sp³-hybridized carbons (Fsp3) is 0.898. The number of aliphatic hydroxyl groups excluding tert-OH is 5. The molecule has 1 rings (SSSR count). The zero-order chi connectivity index (χ0) is 53.5. The molecule has 1 aliphatic rings. The van der Waals surface area contributed by atoms with E-state index in [9.17, 15) is 44.6 Å². The molecule has 0 aromatic heterocycles. The van der Waals surface area contributed by atoms with Crippen molar-refractivity contribution in [2.75, 3.05) is 13.2 Å². The fourth-order valence-corrected chi connectivity index (χ4v) is 10.4. The highest BCUT2D eigenvalue weighted by Gasteiger charge is 2.51. The maximum atomic E-state index is 12.9. The van der Waals surface area contributed by atoms with Crippen LogP contribution in [0.5, 0.6) is 0 Å². The second-order valence-corrected chi connectivity index (χ2v) is 22.6. The van der Waals surface area contributed by atoms with E-state index in [1.165, 1.54) is 205 Å². The molecule has 1 saturated carbocycles. The molecule has 0 heterocycles. The molecule has 0 aromatic carbocycles. The highest BCUT2D eigenvalue weighted by Crippen LogP contribution is 2.47. The van der Waals surface area contributed by atoms with Crippen LogP contribution in [-0.4, -0.2) is 98.3 Å². The first-order valence-corrected chi connectivity index (χ1v) is 31.6. The van der Waals surface area contributed by atoms with Gasteiger partial charge in [-0.05, 0) is 57.8 Å². The molecular weight excluding hydrogens is 948 g/mol. The van der Waals surface area contributed by atoms with Crippen molar-refractivity contribution < 1.29 is 63.1 Å². The first-order chi connectivity index (χ1) is 35.4. The molecule has 73 heavy (non-hydrogen) atoms. The summed E-state index contributed by atoms with van der Waals surface area (Å²) < 4.78 is 33.8. The van der Waals surface area contributed by atoms with Gasteiger partial charge in [0.05, 0.1) is 6.61 Å². The van der Waals surface area contributed by atoms with Crippen LogP contribution < -0.4 is 0 Å². The largest absolute Gasteiger partial charge is 0.472 e. The van der Waals surface area contributed by atoms with Gasteiger partial charge in [0.1, 0.15) is 43.2 Å². The monoisotopic (exact) mass is 1060 g/mol. The minimum Gasteiger partial charge on any atom is -0.462 e. The minimum absolute atomic E-state index is 0.0527. The van der Waals surface area contributed by atoms with Gasteiger partial charge in [-0.3, -0.25) is 18.6 Å². The normalized spacial score (nSPS) is 20.5. The van der Waals surface area contributed by atoms with E-state index in [4.69, 9.17) is 18.5 Å². The van der Waals surface area contributed by atoms with Crippen LogP contribution in [0.1, 0.15) is 284 Å². The lowest BCUT2D eigenvalue weighted by Crippen LogP contribution is -2.64. The molecule has 14 heteroatoms. The number of esters is 2. The van der Waals surface area contributed by atoms with Gasteiger partial charge in [-0.1, -0.05) is 237 Å². The average Bonchev–Trinajstić information content (AvgIpc) is 3.37. The second kappa shape index (κ2) is 48.7. The Bertz CT molecular complexity index is 1360. The van der Waals surface area contributed by atoms with Crippen LogP contribution in [0.3, 0.4) is 0 Å². The number of phosphoric acid groups is 1. The van der Waals surface area contributed by atoms with Gasteiger partial charge in [-0.2, -0.15) is 0 Å². The van der Waals surface area contributed by atoms with E-state index in [0.29, 0.717) is 19.3 Å². The van der Waals surface area contributed by atoms with Crippen LogP contribution in [0.15, 0.2) is 24.3 Å². The molecule has 0 saturated heterocycles. The summed E-state index contributed by atoms with van der Waals surface area (Å²) >= 11 is 0. The van der Waals surface area contributed by atoms with Crippen molar-refractivity contribution in [3.05, 3.63) is 24.3 Å². The molecule has 0 radical (unpaired) electrons. The molecule has 6 unspecified atom stereocenters. The van der Waals surface area contributed by atoms with E-state index >= 15 is 0 Å². The van der Waals surface area contributed by atoms with Crippen LogP contribution in [0.25, 0.3) is 0 Å². The second-order valence-electron chi connectivity index (χ2n) is 21.2. The van der Waals surface area contributed by atoms with E-state index in [1.54, 1.807) is 0 Å². The summed E-state index contributed by atoms with van der Waals surface area (Å²) in [6.45, 7) is 3.34. The van der Waals surface area contributed by atoms with Crippen LogP contribution in [0.4, 0.5) is 0 Å². The first kappa shape index (κ1) is 69.3. The van der Waals surface area contributed by atoms with E-state index in [1.807, 2.05) is 0 Å². The zero-order valence-electron chi connectivity index (χ0n) is 46.5. The molecule has 430 valence electrons. The molecule has 1 fully saturated rings. The van der Waals surface area contributed by atoms with Gasteiger partial charge in [0.2, 0.25) is 0 Å². The first-order valence-electron chi connectivity index (χ1n) is 30.1. The number of rotatable bonds is 52. The van der Waals surface area contributed by atoms with E-state index in [0.717, 1.165) is 32.1 Å². The molecule has 0 bridgehead atoms. The summed E-state index contributed by atoms with van der Waals surface area (Å²) in [5, 5.41) is 50.4. The van der Waals surface area contributed by atoms with E-state index in [-0.39, 0.29) is 12.8 Å². The fourth-order valence-electron chi connectivity index (χ4n) is 9.47. The Balaban J connectivity index is 2.32. The molecular formula is C59H111O13P. The third-order valence-electron chi connectivity index (χ3n) is 14.3. The number of ether oxygens (including phenoxy) is 2. The number of allylic oxidation sites excluding steroid dienone is 4. The molecule has 0 aliphatic heterocycles. The molecule has 0 amide bonds. The third-order valence-corrected chi connectivity index (χ3v) is 15.3. The van der Waals surface area contributed by atoms with Crippen molar-refractivity contribution in [1.29, 1.82) is 0 Å². The van der Waals surface area contributed by atoms with Crippen molar-refractivity contribution in [3.63, 3.8) is 0 Å². The number of hydrogen-bond acceptors (Lipinski definition) is 12. The average molecular weight is 1060 g/mol. The predicted molar refractivity (Wildman–Crippen MR) is 295 cm³/mol. The molecule has 1 aliphatic carbocycles. The Morgan fingerprint density at radius 1 is 0.411 bits per heavy atom. The highest BCUT2D eigenvalue weighted by molar-refractivity contribution is 7.47. The van der Waals surface area contributed by atoms with Gasteiger partial charge >= 0.3 is 19.8 Å². The Hall–Kier alpha value is -1.67. The van der Waals surface area contributed by atoms with E-state index in [2.05, 4.69) is 38.2 Å². The molecule has 6 N–H and O–H groups in total. The topological polar surface area (TPSA) is 210 Å². The highest BCUT2D eigenvalue weighted by atomic mass is 31.2. The van der Waals surface area contributed by atoms with Crippen molar-refractivity contribution in [3.8, 4) is 0 Å². The Morgan fingerprint density at radius 3 is 1.08 bits per heavy atom. The number of unbranched alkanes of at least 4 members (excludes halogenated alkanes) is 36. The lowest BCUT2D eigenvalue weighted by atomic mass is 9.85. The molecule has 13 nitrogen and oxygen atoms in total. The third kappa shape index (κ3) is 40.2.